The lowest BCUT2D eigenvalue weighted by molar-refractivity contribution is -0.119. The summed E-state index contributed by atoms with van der Waals surface area (Å²) in [7, 11) is -3.96. The second-order valence-corrected chi connectivity index (χ2v) is 6.82. The van der Waals surface area contributed by atoms with Crippen molar-refractivity contribution in [3.8, 4) is 0 Å². The van der Waals surface area contributed by atoms with Gasteiger partial charge in [-0.3, -0.25) is 4.79 Å². The number of amides is 1. The first-order valence-corrected chi connectivity index (χ1v) is 8.33. The monoisotopic (exact) mass is 322 g/mol. The van der Waals surface area contributed by atoms with Crippen molar-refractivity contribution in [1.29, 1.82) is 0 Å². The van der Waals surface area contributed by atoms with Crippen molar-refractivity contribution in [2.24, 2.45) is 0 Å². The van der Waals surface area contributed by atoms with Gasteiger partial charge in [0, 0.05) is 6.42 Å². The van der Waals surface area contributed by atoms with E-state index >= 15 is 0 Å². The zero-order valence-corrected chi connectivity index (χ0v) is 13.5. The van der Waals surface area contributed by atoms with Gasteiger partial charge in [0.05, 0.1) is 0 Å². The highest BCUT2D eigenvalue weighted by molar-refractivity contribution is 7.90. The fourth-order valence-corrected chi connectivity index (χ4v) is 3.61. The van der Waals surface area contributed by atoms with Gasteiger partial charge in [-0.15, -0.1) is 0 Å². The molecule has 2 aromatic rings. The first kappa shape index (κ1) is 16.2. The molecule has 2 rings (SSSR count). The number of aromatic nitrogens is 1. The van der Waals surface area contributed by atoms with Crippen molar-refractivity contribution in [3.63, 3.8) is 0 Å². The third-order valence-electron chi connectivity index (χ3n) is 3.34. The molecule has 7 heteroatoms. The Kier molecular flexibility index (Phi) is 4.65. The van der Waals surface area contributed by atoms with E-state index in [4.69, 9.17) is 4.52 Å². The number of benzene rings is 1. The SMILES string of the molecule is Cc1noc(C)c1S(=O)(=O)NC(=O)CC(C)c1ccccc1. The van der Waals surface area contributed by atoms with Crippen LogP contribution in [0.2, 0.25) is 0 Å². The minimum atomic E-state index is -3.96. The van der Waals surface area contributed by atoms with Crippen molar-refractivity contribution in [2.45, 2.75) is 38.0 Å². The van der Waals surface area contributed by atoms with Crippen LogP contribution < -0.4 is 4.72 Å². The second-order valence-electron chi connectivity index (χ2n) is 5.20. The highest BCUT2D eigenvalue weighted by Gasteiger charge is 2.26. The molecule has 0 aliphatic rings. The fraction of sp³-hybridized carbons (Fsp3) is 0.333. The summed E-state index contributed by atoms with van der Waals surface area (Å²) in [4.78, 5) is 11.9. The molecule has 0 radical (unpaired) electrons. The van der Waals surface area contributed by atoms with Gasteiger partial charge in [0.25, 0.3) is 10.0 Å². The average Bonchev–Trinajstić information content (AvgIpc) is 2.79. The fourth-order valence-electron chi connectivity index (χ4n) is 2.28. The van der Waals surface area contributed by atoms with E-state index in [1.165, 1.54) is 13.8 Å². The van der Waals surface area contributed by atoms with E-state index in [-0.39, 0.29) is 28.7 Å². The first-order valence-electron chi connectivity index (χ1n) is 6.84. The number of rotatable bonds is 5. The van der Waals surface area contributed by atoms with Gasteiger partial charge in [0.15, 0.2) is 10.7 Å². The van der Waals surface area contributed by atoms with Crippen molar-refractivity contribution in [3.05, 3.63) is 47.3 Å². The largest absolute Gasteiger partial charge is 0.360 e. The van der Waals surface area contributed by atoms with Gasteiger partial charge in [0.2, 0.25) is 5.91 Å². The molecule has 0 saturated carbocycles. The van der Waals surface area contributed by atoms with E-state index in [1.54, 1.807) is 0 Å². The Labute approximate surface area is 129 Å². The molecule has 0 aliphatic carbocycles. The Morgan fingerprint density at radius 1 is 1.27 bits per heavy atom. The molecule has 0 bridgehead atoms. The van der Waals surface area contributed by atoms with Crippen molar-refractivity contribution >= 4 is 15.9 Å². The maximum atomic E-state index is 12.2. The number of carbonyl (C=O) groups excluding carboxylic acids is 1. The summed E-state index contributed by atoms with van der Waals surface area (Å²) < 4.78 is 31.4. The van der Waals surface area contributed by atoms with Crippen LogP contribution in [0.15, 0.2) is 39.8 Å². The maximum absolute atomic E-state index is 12.2. The van der Waals surface area contributed by atoms with Crippen molar-refractivity contribution in [1.82, 2.24) is 9.88 Å². The minimum absolute atomic E-state index is 0.0757. The van der Waals surface area contributed by atoms with E-state index < -0.39 is 15.9 Å². The van der Waals surface area contributed by atoms with Gasteiger partial charge in [-0.25, -0.2) is 13.1 Å². The predicted molar refractivity (Wildman–Crippen MR) is 80.8 cm³/mol. The molecule has 1 amide bonds. The highest BCUT2D eigenvalue weighted by Crippen LogP contribution is 2.21. The van der Waals surface area contributed by atoms with E-state index in [2.05, 4.69) is 9.88 Å². The maximum Gasteiger partial charge on any atom is 0.269 e. The summed E-state index contributed by atoms with van der Waals surface area (Å²) in [6.07, 6.45) is 0.0760. The van der Waals surface area contributed by atoms with Crippen LogP contribution in [0.1, 0.15) is 36.3 Å². The van der Waals surface area contributed by atoms with Crippen LogP contribution in [0.3, 0.4) is 0 Å². The molecule has 1 unspecified atom stereocenters. The summed E-state index contributed by atoms with van der Waals surface area (Å²) in [5, 5.41) is 3.59. The summed E-state index contributed by atoms with van der Waals surface area (Å²) in [5.74, 6) is -0.480. The molecule has 22 heavy (non-hydrogen) atoms. The zero-order chi connectivity index (χ0) is 16.3. The Bertz CT molecular complexity index is 747. The Morgan fingerprint density at radius 3 is 2.45 bits per heavy atom. The van der Waals surface area contributed by atoms with E-state index in [0.717, 1.165) is 5.56 Å². The number of hydrogen-bond acceptors (Lipinski definition) is 5. The first-order chi connectivity index (χ1) is 10.3. The molecular formula is C15H18N2O4S. The van der Waals surface area contributed by atoms with Crippen LogP contribution in [-0.2, 0) is 14.8 Å². The number of aryl methyl sites for hydroxylation is 2. The van der Waals surface area contributed by atoms with E-state index in [1.807, 2.05) is 37.3 Å². The Balaban J connectivity index is 2.09. The van der Waals surface area contributed by atoms with Crippen molar-refractivity contribution in [2.75, 3.05) is 0 Å². The van der Waals surface area contributed by atoms with E-state index in [0.29, 0.717) is 0 Å². The molecule has 1 N–H and O–H groups in total. The van der Waals surface area contributed by atoms with Gasteiger partial charge < -0.3 is 4.52 Å². The molecule has 0 saturated heterocycles. The van der Waals surface area contributed by atoms with Crippen LogP contribution >= 0.6 is 0 Å². The lowest BCUT2D eigenvalue weighted by Gasteiger charge is -2.12. The van der Waals surface area contributed by atoms with Gasteiger partial charge in [0.1, 0.15) is 5.69 Å². The molecule has 0 aliphatic heterocycles. The Morgan fingerprint density at radius 2 is 1.91 bits per heavy atom. The topological polar surface area (TPSA) is 89.3 Å². The molecule has 1 atom stereocenters. The zero-order valence-electron chi connectivity index (χ0n) is 12.7. The second kappa shape index (κ2) is 6.31. The summed E-state index contributed by atoms with van der Waals surface area (Å²) in [6.45, 7) is 4.88. The summed E-state index contributed by atoms with van der Waals surface area (Å²) in [5.41, 5.74) is 1.21. The highest BCUT2D eigenvalue weighted by atomic mass is 32.2. The van der Waals surface area contributed by atoms with Crippen LogP contribution in [0.25, 0.3) is 0 Å². The van der Waals surface area contributed by atoms with Crippen LogP contribution in [0.5, 0.6) is 0 Å². The number of nitrogens with zero attached hydrogens (tertiary/aromatic N) is 1. The number of carbonyl (C=O) groups is 1. The Hall–Kier alpha value is -2.15. The quantitative estimate of drug-likeness (QED) is 0.912. The van der Waals surface area contributed by atoms with Gasteiger partial charge in [-0.2, -0.15) is 0 Å². The van der Waals surface area contributed by atoms with Gasteiger partial charge >= 0.3 is 0 Å². The molecule has 0 spiro atoms. The molecule has 1 aromatic carbocycles. The summed E-state index contributed by atoms with van der Waals surface area (Å²) >= 11 is 0. The number of nitrogens with one attached hydrogen (secondary N) is 1. The van der Waals surface area contributed by atoms with Crippen LogP contribution in [0.4, 0.5) is 0 Å². The molecule has 1 heterocycles. The van der Waals surface area contributed by atoms with Crippen LogP contribution in [0, 0.1) is 13.8 Å². The number of hydrogen-bond donors (Lipinski definition) is 1. The van der Waals surface area contributed by atoms with Gasteiger partial charge in [-0.1, -0.05) is 42.4 Å². The smallest absolute Gasteiger partial charge is 0.269 e. The molecule has 6 nitrogen and oxygen atoms in total. The summed E-state index contributed by atoms with van der Waals surface area (Å²) in [6, 6.07) is 9.45. The minimum Gasteiger partial charge on any atom is -0.360 e. The third-order valence-corrected chi connectivity index (χ3v) is 4.96. The number of sulfonamides is 1. The molecule has 1 aromatic heterocycles. The molecule has 118 valence electrons. The molecule has 0 fully saturated rings. The van der Waals surface area contributed by atoms with E-state index in [9.17, 15) is 13.2 Å². The lowest BCUT2D eigenvalue weighted by atomic mass is 9.98. The van der Waals surface area contributed by atoms with Gasteiger partial charge in [-0.05, 0) is 25.3 Å². The lowest BCUT2D eigenvalue weighted by Crippen LogP contribution is -2.31. The predicted octanol–water partition coefficient (Wildman–Crippen LogP) is 2.29. The average molecular weight is 322 g/mol. The molecular weight excluding hydrogens is 304 g/mol. The standard InChI is InChI=1S/C15H18N2O4S/c1-10(13-7-5-4-6-8-13)9-14(18)17-22(19,20)15-11(2)16-21-12(15)3/h4-8,10H,9H2,1-3H3,(H,17,18). The normalized spacial score (nSPS) is 12.9. The van der Waals surface area contributed by atoms with Crippen molar-refractivity contribution < 1.29 is 17.7 Å². The van der Waals surface area contributed by atoms with Crippen LogP contribution in [-0.4, -0.2) is 19.5 Å². The third kappa shape index (κ3) is 3.54.